The van der Waals surface area contributed by atoms with Crippen molar-refractivity contribution in [3.05, 3.63) is 17.7 Å². The minimum atomic E-state index is -2.87. The fourth-order valence-corrected chi connectivity index (χ4v) is 1.67. The first-order chi connectivity index (χ1) is 8.85. The van der Waals surface area contributed by atoms with E-state index in [0.29, 0.717) is 23.6 Å². The molecule has 1 aromatic rings. The topological polar surface area (TPSA) is 39.7 Å². The summed E-state index contributed by atoms with van der Waals surface area (Å²) in [5, 5.41) is 3.22. The van der Waals surface area contributed by atoms with Crippen LogP contribution in [0.15, 0.2) is 12.1 Å². The molecule has 0 fully saturated rings. The minimum Gasteiger partial charge on any atom is -0.454 e. The van der Waals surface area contributed by atoms with Crippen molar-refractivity contribution in [3.8, 4) is 17.2 Å². The van der Waals surface area contributed by atoms with Gasteiger partial charge in [0.1, 0.15) is 5.75 Å². The van der Waals surface area contributed by atoms with E-state index in [1.807, 2.05) is 20.8 Å². The summed E-state index contributed by atoms with van der Waals surface area (Å²) in [5.74, 6) is 1.08. The Hall–Kier alpha value is -1.56. The number of fused-ring (bicyclic) bond motifs is 1. The van der Waals surface area contributed by atoms with Crippen LogP contribution in [0.5, 0.6) is 17.2 Å². The monoisotopic (exact) mass is 273 g/mol. The molecule has 0 bridgehead atoms. The first-order valence-corrected chi connectivity index (χ1v) is 5.97. The largest absolute Gasteiger partial charge is 0.454 e. The highest BCUT2D eigenvalue weighted by molar-refractivity contribution is 5.51. The highest BCUT2D eigenvalue weighted by atomic mass is 19.3. The molecule has 1 N–H and O–H groups in total. The van der Waals surface area contributed by atoms with E-state index in [1.165, 1.54) is 6.07 Å². The van der Waals surface area contributed by atoms with Crippen LogP contribution in [0.4, 0.5) is 8.78 Å². The molecule has 6 heteroatoms. The van der Waals surface area contributed by atoms with Gasteiger partial charge >= 0.3 is 6.61 Å². The summed E-state index contributed by atoms with van der Waals surface area (Å²) in [6, 6.07) is 3.10. The number of ether oxygens (including phenoxy) is 3. The van der Waals surface area contributed by atoms with E-state index < -0.39 is 6.61 Å². The predicted octanol–water partition coefficient (Wildman–Crippen LogP) is 2.90. The molecular formula is C13H17F2NO3. The van der Waals surface area contributed by atoms with E-state index in [2.05, 4.69) is 10.1 Å². The number of alkyl halides is 2. The van der Waals surface area contributed by atoms with Gasteiger partial charge in [-0.15, -0.1) is 0 Å². The third-order valence-corrected chi connectivity index (χ3v) is 2.58. The van der Waals surface area contributed by atoms with Gasteiger partial charge in [0.25, 0.3) is 0 Å². The molecule has 4 nitrogen and oxygen atoms in total. The van der Waals surface area contributed by atoms with Gasteiger partial charge in [-0.2, -0.15) is 8.78 Å². The van der Waals surface area contributed by atoms with Crippen LogP contribution in [-0.4, -0.2) is 18.9 Å². The Morgan fingerprint density at radius 3 is 2.47 bits per heavy atom. The van der Waals surface area contributed by atoms with E-state index in [-0.39, 0.29) is 18.1 Å². The molecular weight excluding hydrogens is 256 g/mol. The van der Waals surface area contributed by atoms with Crippen molar-refractivity contribution in [1.82, 2.24) is 5.32 Å². The Kier molecular flexibility index (Phi) is 3.80. The second-order valence-corrected chi connectivity index (χ2v) is 5.30. The van der Waals surface area contributed by atoms with Crippen LogP contribution in [0.1, 0.15) is 26.3 Å². The van der Waals surface area contributed by atoms with Crippen molar-refractivity contribution >= 4 is 0 Å². The third kappa shape index (κ3) is 3.70. The molecule has 0 atom stereocenters. The van der Waals surface area contributed by atoms with E-state index in [9.17, 15) is 8.78 Å². The van der Waals surface area contributed by atoms with Gasteiger partial charge in [-0.3, -0.25) is 0 Å². The number of rotatable bonds is 4. The van der Waals surface area contributed by atoms with Crippen LogP contribution < -0.4 is 19.5 Å². The second-order valence-electron chi connectivity index (χ2n) is 5.30. The van der Waals surface area contributed by atoms with Crippen molar-refractivity contribution in [3.63, 3.8) is 0 Å². The maximum Gasteiger partial charge on any atom is 0.387 e. The van der Waals surface area contributed by atoms with Crippen LogP contribution in [0.25, 0.3) is 0 Å². The molecule has 0 unspecified atom stereocenters. The van der Waals surface area contributed by atoms with Gasteiger partial charge in [0, 0.05) is 23.7 Å². The molecule has 0 saturated heterocycles. The summed E-state index contributed by atoms with van der Waals surface area (Å²) < 4.78 is 39.7. The molecule has 1 aliphatic heterocycles. The Balaban J connectivity index is 2.23. The maximum absolute atomic E-state index is 12.4. The van der Waals surface area contributed by atoms with E-state index in [4.69, 9.17) is 9.47 Å². The zero-order valence-electron chi connectivity index (χ0n) is 11.1. The SMILES string of the molecule is CC(C)(C)NCc1cc2c(cc1OC(F)F)OCO2. The number of nitrogens with one attached hydrogen (secondary N) is 1. The van der Waals surface area contributed by atoms with Crippen molar-refractivity contribution in [2.24, 2.45) is 0 Å². The Morgan fingerprint density at radius 1 is 1.26 bits per heavy atom. The number of hydrogen-bond acceptors (Lipinski definition) is 4. The van der Waals surface area contributed by atoms with Gasteiger partial charge in [-0.05, 0) is 26.8 Å². The smallest absolute Gasteiger partial charge is 0.387 e. The summed E-state index contributed by atoms with van der Waals surface area (Å²) in [6.07, 6.45) is 0. The third-order valence-electron chi connectivity index (χ3n) is 2.58. The fraction of sp³-hybridized carbons (Fsp3) is 0.538. The standard InChI is InChI=1S/C13H17F2NO3/c1-13(2,3)16-6-8-4-10-11(18-7-17-10)5-9(8)19-12(14)15/h4-5,12,16H,6-7H2,1-3H3. The first-order valence-electron chi connectivity index (χ1n) is 5.97. The lowest BCUT2D eigenvalue weighted by molar-refractivity contribution is -0.0505. The molecule has 0 radical (unpaired) electrons. The Labute approximate surface area is 110 Å². The average molecular weight is 273 g/mol. The Morgan fingerprint density at radius 2 is 1.89 bits per heavy atom. The van der Waals surface area contributed by atoms with E-state index >= 15 is 0 Å². The van der Waals surface area contributed by atoms with Crippen molar-refractivity contribution < 1.29 is 23.0 Å². The summed E-state index contributed by atoms with van der Waals surface area (Å²) in [7, 11) is 0. The van der Waals surface area contributed by atoms with Gasteiger partial charge in [0.15, 0.2) is 11.5 Å². The Bertz CT molecular complexity index is 458. The molecule has 1 aromatic carbocycles. The zero-order chi connectivity index (χ0) is 14.0. The van der Waals surface area contributed by atoms with Gasteiger partial charge < -0.3 is 19.5 Å². The molecule has 106 valence electrons. The summed E-state index contributed by atoms with van der Waals surface area (Å²) >= 11 is 0. The molecule has 2 rings (SSSR count). The predicted molar refractivity (Wildman–Crippen MR) is 65.8 cm³/mol. The van der Waals surface area contributed by atoms with Crippen LogP contribution >= 0.6 is 0 Å². The van der Waals surface area contributed by atoms with Crippen LogP contribution in [-0.2, 0) is 6.54 Å². The lowest BCUT2D eigenvalue weighted by atomic mass is 10.1. The number of hydrogen-bond donors (Lipinski definition) is 1. The van der Waals surface area contributed by atoms with E-state index in [1.54, 1.807) is 6.07 Å². The molecule has 0 amide bonds. The molecule has 0 spiro atoms. The highest BCUT2D eigenvalue weighted by Gasteiger charge is 2.21. The summed E-state index contributed by atoms with van der Waals surface area (Å²) in [4.78, 5) is 0. The lowest BCUT2D eigenvalue weighted by Crippen LogP contribution is -2.35. The number of halogens is 2. The molecule has 1 aliphatic rings. The first kappa shape index (κ1) is 13.9. The van der Waals surface area contributed by atoms with Gasteiger partial charge in [-0.25, -0.2) is 0 Å². The van der Waals surface area contributed by atoms with Gasteiger partial charge in [0.2, 0.25) is 6.79 Å². The number of benzene rings is 1. The van der Waals surface area contributed by atoms with Crippen LogP contribution in [0, 0.1) is 0 Å². The van der Waals surface area contributed by atoms with Crippen molar-refractivity contribution in [1.29, 1.82) is 0 Å². The van der Waals surface area contributed by atoms with Gasteiger partial charge in [-0.1, -0.05) is 0 Å². The van der Waals surface area contributed by atoms with Crippen LogP contribution in [0.3, 0.4) is 0 Å². The molecule has 0 saturated carbocycles. The van der Waals surface area contributed by atoms with Crippen LogP contribution in [0.2, 0.25) is 0 Å². The fourth-order valence-electron chi connectivity index (χ4n) is 1.67. The second kappa shape index (κ2) is 5.21. The zero-order valence-corrected chi connectivity index (χ0v) is 11.1. The quantitative estimate of drug-likeness (QED) is 0.915. The maximum atomic E-state index is 12.4. The minimum absolute atomic E-state index is 0.0968. The molecule has 19 heavy (non-hydrogen) atoms. The van der Waals surface area contributed by atoms with Gasteiger partial charge in [0.05, 0.1) is 0 Å². The summed E-state index contributed by atoms with van der Waals surface area (Å²) in [6.45, 7) is 3.62. The average Bonchev–Trinajstić information content (AvgIpc) is 2.71. The molecule has 1 heterocycles. The highest BCUT2D eigenvalue weighted by Crippen LogP contribution is 2.38. The molecule has 0 aliphatic carbocycles. The summed E-state index contributed by atoms with van der Waals surface area (Å²) in [5.41, 5.74) is 0.484. The van der Waals surface area contributed by atoms with E-state index in [0.717, 1.165) is 0 Å². The lowest BCUT2D eigenvalue weighted by Gasteiger charge is -2.21. The van der Waals surface area contributed by atoms with Crippen molar-refractivity contribution in [2.75, 3.05) is 6.79 Å². The van der Waals surface area contributed by atoms with Crippen molar-refractivity contribution in [2.45, 2.75) is 39.5 Å². The normalized spacial score (nSPS) is 14.0. The molecule has 0 aromatic heterocycles.